The van der Waals surface area contributed by atoms with Gasteiger partial charge in [-0.25, -0.2) is 9.97 Å². The molecule has 3 aromatic rings. The average molecular weight is 245 g/mol. The Bertz CT molecular complexity index is 644. The van der Waals surface area contributed by atoms with E-state index in [0.29, 0.717) is 0 Å². The Morgan fingerprint density at radius 1 is 1.41 bits per heavy atom. The van der Waals surface area contributed by atoms with Gasteiger partial charge < -0.3 is 9.73 Å². The molecule has 0 aliphatic carbocycles. The van der Waals surface area contributed by atoms with Crippen LogP contribution >= 0.6 is 11.3 Å². The van der Waals surface area contributed by atoms with Crippen molar-refractivity contribution in [3.63, 3.8) is 0 Å². The molecular weight excluding hydrogens is 234 g/mol. The van der Waals surface area contributed by atoms with Crippen LogP contribution in [0.2, 0.25) is 0 Å². The Morgan fingerprint density at radius 2 is 2.35 bits per heavy atom. The van der Waals surface area contributed by atoms with Crippen LogP contribution in [0, 0.1) is 0 Å². The lowest BCUT2D eigenvalue weighted by Gasteiger charge is -1.95. The van der Waals surface area contributed by atoms with Crippen molar-refractivity contribution >= 4 is 22.4 Å². The fraction of sp³-hybridized carbons (Fsp3) is 0.167. The molecule has 1 N–H and O–H groups in total. The molecule has 0 aliphatic heterocycles. The van der Waals surface area contributed by atoms with Crippen molar-refractivity contribution in [2.24, 2.45) is 0 Å². The average Bonchev–Trinajstić information content (AvgIpc) is 2.96. The van der Waals surface area contributed by atoms with Crippen molar-refractivity contribution in [2.75, 3.05) is 7.05 Å². The second-order valence-electron chi connectivity index (χ2n) is 3.71. The Morgan fingerprint density at radius 3 is 3.24 bits per heavy atom. The fourth-order valence-electron chi connectivity index (χ4n) is 1.69. The minimum Gasteiger partial charge on any atom is -0.443 e. The number of rotatable bonds is 3. The summed E-state index contributed by atoms with van der Waals surface area (Å²) in [5, 5.41) is 6.16. The van der Waals surface area contributed by atoms with Crippen LogP contribution in [-0.4, -0.2) is 17.0 Å². The van der Waals surface area contributed by atoms with E-state index in [1.165, 1.54) is 6.39 Å². The molecule has 0 spiro atoms. The highest BCUT2D eigenvalue weighted by Crippen LogP contribution is 2.26. The number of fused-ring (bicyclic) bond motifs is 1. The van der Waals surface area contributed by atoms with Crippen LogP contribution in [0.5, 0.6) is 0 Å². The van der Waals surface area contributed by atoms with Crippen LogP contribution in [0.15, 0.2) is 34.4 Å². The third kappa shape index (κ3) is 1.94. The first kappa shape index (κ1) is 10.4. The normalized spacial score (nSPS) is 11.1. The Kier molecular flexibility index (Phi) is 2.62. The van der Waals surface area contributed by atoms with Gasteiger partial charge in [0.05, 0.1) is 5.69 Å². The molecule has 0 saturated carbocycles. The second-order valence-corrected chi connectivity index (χ2v) is 4.57. The maximum Gasteiger partial charge on any atom is 0.181 e. The predicted molar refractivity (Wildman–Crippen MR) is 67.9 cm³/mol. The quantitative estimate of drug-likeness (QED) is 0.770. The minimum absolute atomic E-state index is 0.793. The molecule has 1 aromatic carbocycles. The van der Waals surface area contributed by atoms with Gasteiger partial charge in [0.25, 0.3) is 0 Å². The third-order valence-corrected chi connectivity index (χ3v) is 3.43. The fourth-order valence-corrected chi connectivity index (χ4v) is 2.51. The maximum atomic E-state index is 5.29. The Labute approximate surface area is 102 Å². The molecule has 86 valence electrons. The summed E-state index contributed by atoms with van der Waals surface area (Å²) in [7, 11) is 1.92. The summed E-state index contributed by atoms with van der Waals surface area (Å²) in [4.78, 5) is 8.65. The van der Waals surface area contributed by atoms with Crippen molar-refractivity contribution in [2.45, 2.75) is 6.54 Å². The molecule has 0 amide bonds. The lowest BCUT2D eigenvalue weighted by Crippen LogP contribution is -2.04. The Hall–Kier alpha value is -1.72. The number of nitrogens with one attached hydrogen (secondary N) is 1. The van der Waals surface area contributed by atoms with Crippen molar-refractivity contribution < 1.29 is 4.42 Å². The van der Waals surface area contributed by atoms with Gasteiger partial charge in [-0.05, 0) is 25.2 Å². The second kappa shape index (κ2) is 4.27. The van der Waals surface area contributed by atoms with E-state index < -0.39 is 0 Å². The van der Waals surface area contributed by atoms with Gasteiger partial charge in [0, 0.05) is 17.5 Å². The highest BCUT2D eigenvalue weighted by Gasteiger charge is 2.06. The summed E-state index contributed by atoms with van der Waals surface area (Å²) in [5.74, 6) is 0. The molecule has 0 atom stereocenters. The largest absolute Gasteiger partial charge is 0.443 e. The minimum atomic E-state index is 0.793. The molecule has 17 heavy (non-hydrogen) atoms. The first-order valence-corrected chi connectivity index (χ1v) is 6.17. The van der Waals surface area contributed by atoms with Gasteiger partial charge in [0.1, 0.15) is 10.5 Å². The van der Waals surface area contributed by atoms with E-state index in [1.807, 2.05) is 25.2 Å². The molecule has 0 bridgehead atoms. The molecule has 2 aromatic heterocycles. The van der Waals surface area contributed by atoms with Crippen LogP contribution in [0.4, 0.5) is 0 Å². The lowest BCUT2D eigenvalue weighted by molar-refractivity contribution is 0.602. The van der Waals surface area contributed by atoms with Gasteiger partial charge in [-0.1, -0.05) is 0 Å². The van der Waals surface area contributed by atoms with Crippen molar-refractivity contribution in [3.8, 4) is 10.6 Å². The van der Waals surface area contributed by atoms with E-state index >= 15 is 0 Å². The van der Waals surface area contributed by atoms with Crippen LogP contribution in [-0.2, 0) is 6.54 Å². The molecule has 0 unspecified atom stereocenters. The summed E-state index contributed by atoms with van der Waals surface area (Å²) in [6.07, 6.45) is 1.46. The van der Waals surface area contributed by atoms with Crippen LogP contribution < -0.4 is 5.32 Å². The summed E-state index contributed by atoms with van der Waals surface area (Å²) < 4.78 is 5.29. The van der Waals surface area contributed by atoms with E-state index in [4.69, 9.17) is 4.42 Å². The highest BCUT2D eigenvalue weighted by atomic mass is 32.1. The molecular formula is C12H11N3OS. The van der Waals surface area contributed by atoms with Gasteiger partial charge in [-0.3, -0.25) is 0 Å². The molecule has 5 heteroatoms. The zero-order valence-electron chi connectivity index (χ0n) is 9.30. The maximum absolute atomic E-state index is 5.29. The molecule has 2 heterocycles. The SMILES string of the molecule is CNCc1csc(-c2ccc3ncoc3c2)n1. The van der Waals surface area contributed by atoms with E-state index in [0.717, 1.165) is 33.9 Å². The van der Waals surface area contributed by atoms with Crippen LogP contribution in [0.25, 0.3) is 21.7 Å². The smallest absolute Gasteiger partial charge is 0.181 e. The number of oxazole rings is 1. The standard InChI is InChI=1S/C12H11N3OS/c1-13-5-9-6-17-12(15-9)8-2-3-10-11(4-8)16-7-14-10/h2-4,6-7,13H,5H2,1H3. The molecule has 0 aliphatic rings. The number of hydrogen-bond donors (Lipinski definition) is 1. The van der Waals surface area contributed by atoms with E-state index in [9.17, 15) is 0 Å². The zero-order valence-corrected chi connectivity index (χ0v) is 10.1. The topological polar surface area (TPSA) is 51.0 Å². The van der Waals surface area contributed by atoms with Crippen molar-refractivity contribution in [1.82, 2.24) is 15.3 Å². The summed E-state index contributed by atoms with van der Waals surface area (Å²) in [6, 6.07) is 5.95. The highest BCUT2D eigenvalue weighted by molar-refractivity contribution is 7.13. The van der Waals surface area contributed by atoms with Gasteiger partial charge in [-0.15, -0.1) is 11.3 Å². The Balaban J connectivity index is 2.00. The molecule has 3 rings (SSSR count). The first-order valence-electron chi connectivity index (χ1n) is 5.29. The lowest BCUT2D eigenvalue weighted by atomic mass is 10.2. The molecule has 0 fully saturated rings. The zero-order chi connectivity index (χ0) is 11.7. The predicted octanol–water partition coefficient (Wildman–Crippen LogP) is 2.67. The number of thiazole rings is 1. The van der Waals surface area contributed by atoms with Crippen molar-refractivity contribution in [3.05, 3.63) is 35.7 Å². The van der Waals surface area contributed by atoms with E-state index in [-0.39, 0.29) is 0 Å². The van der Waals surface area contributed by atoms with E-state index in [1.54, 1.807) is 11.3 Å². The molecule has 4 nitrogen and oxygen atoms in total. The van der Waals surface area contributed by atoms with Gasteiger partial charge >= 0.3 is 0 Å². The van der Waals surface area contributed by atoms with Gasteiger partial charge in [0.2, 0.25) is 0 Å². The van der Waals surface area contributed by atoms with Crippen molar-refractivity contribution in [1.29, 1.82) is 0 Å². The van der Waals surface area contributed by atoms with Crippen LogP contribution in [0.1, 0.15) is 5.69 Å². The monoisotopic (exact) mass is 245 g/mol. The number of aromatic nitrogens is 2. The van der Waals surface area contributed by atoms with E-state index in [2.05, 4.69) is 20.7 Å². The third-order valence-electron chi connectivity index (χ3n) is 2.49. The summed E-state index contributed by atoms with van der Waals surface area (Å²) in [5.41, 5.74) is 3.81. The van der Waals surface area contributed by atoms with Gasteiger partial charge in [0.15, 0.2) is 12.0 Å². The van der Waals surface area contributed by atoms with Crippen LogP contribution in [0.3, 0.4) is 0 Å². The summed E-state index contributed by atoms with van der Waals surface area (Å²) >= 11 is 1.64. The number of hydrogen-bond acceptors (Lipinski definition) is 5. The first-order chi connectivity index (χ1) is 8.36. The van der Waals surface area contributed by atoms with Gasteiger partial charge in [-0.2, -0.15) is 0 Å². The molecule has 0 saturated heterocycles. The summed E-state index contributed by atoms with van der Waals surface area (Å²) in [6.45, 7) is 0.793. The molecule has 0 radical (unpaired) electrons. The number of benzene rings is 1. The number of nitrogens with zero attached hydrogens (tertiary/aromatic N) is 2.